The average molecular weight is 312 g/mol. The van der Waals surface area contributed by atoms with Gasteiger partial charge in [0.05, 0.1) is 30.3 Å². The van der Waals surface area contributed by atoms with Gasteiger partial charge >= 0.3 is 5.97 Å². The molecule has 0 aromatic carbocycles. The van der Waals surface area contributed by atoms with Crippen molar-refractivity contribution in [3.8, 4) is 0 Å². The first-order chi connectivity index (χ1) is 9.79. The van der Waals surface area contributed by atoms with Crippen LogP contribution in [0.2, 0.25) is 0 Å². The summed E-state index contributed by atoms with van der Waals surface area (Å²) < 4.78 is 5.40. The summed E-state index contributed by atoms with van der Waals surface area (Å²) in [5.41, 5.74) is 2.28. The van der Waals surface area contributed by atoms with Crippen LogP contribution in [0, 0.1) is 0 Å². The summed E-state index contributed by atoms with van der Waals surface area (Å²) in [5.74, 6) is -0.997. The molecule has 1 fully saturated rings. The van der Waals surface area contributed by atoms with Crippen molar-refractivity contribution in [2.24, 2.45) is 0 Å². The van der Waals surface area contributed by atoms with Gasteiger partial charge in [-0.1, -0.05) is 20.8 Å². The molecule has 0 spiro atoms. The molecule has 1 aliphatic rings. The Bertz CT molecular complexity index is 535. The normalized spacial score (nSPS) is 19.6. The molecule has 0 bridgehead atoms. The Kier molecular flexibility index (Phi) is 4.63. The molecule has 1 aromatic heterocycles. The molecule has 1 amide bonds. The Labute approximate surface area is 127 Å². The van der Waals surface area contributed by atoms with Crippen LogP contribution < -0.4 is 0 Å². The maximum atomic E-state index is 12.7. The molecule has 0 saturated carbocycles. The minimum atomic E-state index is -0.914. The Balaban J connectivity index is 2.13. The maximum Gasteiger partial charge on any atom is 0.306 e. The number of amides is 1. The van der Waals surface area contributed by atoms with Crippen LogP contribution in [0.15, 0.2) is 5.51 Å². The quantitative estimate of drug-likeness (QED) is 0.920. The molecule has 1 saturated heterocycles. The van der Waals surface area contributed by atoms with E-state index in [1.807, 2.05) is 20.8 Å². The molecule has 116 valence electrons. The number of carbonyl (C=O) groups is 2. The number of aromatic nitrogens is 1. The maximum absolute atomic E-state index is 12.7. The molecule has 1 aliphatic heterocycles. The van der Waals surface area contributed by atoms with Crippen molar-refractivity contribution < 1.29 is 19.4 Å². The van der Waals surface area contributed by atoms with E-state index < -0.39 is 12.1 Å². The van der Waals surface area contributed by atoms with Crippen molar-refractivity contribution >= 4 is 23.2 Å². The lowest BCUT2D eigenvalue weighted by molar-refractivity contribution is -0.141. The first-order valence-electron chi connectivity index (χ1n) is 6.85. The molecule has 0 unspecified atom stereocenters. The van der Waals surface area contributed by atoms with Gasteiger partial charge in [0.25, 0.3) is 5.91 Å². The number of carbonyl (C=O) groups excluding carboxylic acids is 1. The number of aliphatic carboxylic acids is 1. The summed E-state index contributed by atoms with van der Waals surface area (Å²) in [6.45, 7) is 7.22. The van der Waals surface area contributed by atoms with Crippen LogP contribution in [0.1, 0.15) is 42.6 Å². The third-order valence-electron chi connectivity index (χ3n) is 3.30. The minimum Gasteiger partial charge on any atom is -0.481 e. The fraction of sp³-hybridized carbons (Fsp3) is 0.643. The van der Waals surface area contributed by atoms with E-state index in [-0.39, 0.29) is 17.7 Å². The van der Waals surface area contributed by atoms with Gasteiger partial charge in [-0.15, -0.1) is 11.3 Å². The number of thiazole rings is 1. The van der Waals surface area contributed by atoms with Crippen molar-refractivity contribution in [1.82, 2.24) is 9.88 Å². The lowest BCUT2D eigenvalue weighted by Crippen LogP contribution is -2.46. The second-order valence-corrected chi connectivity index (χ2v) is 6.98. The molecule has 0 radical (unpaired) electrons. The Morgan fingerprint density at radius 2 is 2.24 bits per heavy atom. The number of morpholine rings is 1. The van der Waals surface area contributed by atoms with Crippen molar-refractivity contribution in [3.63, 3.8) is 0 Å². The number of rotatable bonds is 3. The van der Waals surface area contributed by atoms with E-state index in [0.717, 1.165) is 5.69 Å². The minimum absolute atomic E-state index is 0.0823. The largest absolute Gasteiger partial charge is 0.481 e. The second kappa shape index (κ2) is 6.11. The van der Waals surface area contributed by atoms with Crippen LogP contribution in [0.4, 0.5) is 0 Å². The molecule has 2 rings (SSSR count). The zero-order valence-electron chi connectivity index (χ0n) is 12.5. The molecule has 1 aromatic rings. The SMILES string of the molecule is CC(C)(C)c1ncsc1C(=O)N1CCO[C@H](CC(=O)O)C1. The fourth-order valence-corrected chi connectivity index (χ4v) is 3.26. The predicted molar refractivity (Wildman–Crippen MR) is 78.7 cm³/mol. The number of hydrogen-bond donors (Lipinski definition) is 1. The summed E-state index contributed by atoms with van der Waals surface area (Å²) in [6, 6.07) is 0. The van der Waals surface area contributed by atoms with Crippen molar-refractivity contribution in [1.29, 1.82) is 0 Å². The number of carboxylic acid groups (broad SMARTS) is 1. The van der Waals surface area contributed by atoms with E-state index >= 15 is 0 Å². The molecule has 2 heterocycles. The van der Waals surface area contributed by atoms with Gasteiger partial charge in [-0.2, -0.15) is 0 Å². The van der Waals surface area contributed by atoms with Crippen molar-refractivity contribution in [3.05, 3.63) is 16.1 Å². The highest BCUT2D eigenvalue weighted by Crippen LogP contribution is 2.28. The highest BCUT2D eigenvalue weighted by molar-refractivity contribution is 7.11. The number of nitrogens with zero attached hydrogens (tertiary/aromatic N) is 2. The Morgan fingerprint density at radius 1 is 1.52 bits per heavy atom. The summed E-state index contributed by atoms with van der Waals surface area (Å²) in [4.78, 5) is 30.0. The number of carboxylic acids is 1. The third kappa shape index (κ3) is 3.79. The summed E-state index contributed by atoms with van der Waals surface area (Å²) in [5, 5.41) is 8.83. The van der Waals surface area contributed by atoms with Gasteiger partial charge in [-0.25, -0.2) is 4.98 Å². The number of ether oxygens (including phenoxy) is 1. The van der Waals surface area contributed by atoms with Gasteiger partial charge in [-0.05, 0) is 0 Å². The first kappa shape index (κ1) is 15.9. The van der Waals surface area contributed by atoms with E-state index in [1.54, 1.807) is 10.4 Å². The van der Waals surface area contributed by atoms with E-state index in [0.29, 0.717) is 24.6 Å². The summed E-state index contributed by atoms with van der Waals surface area (Å²) >= 11 is 1.33. The van der Waals surface area contributed by atoms with Crippen LogP contribution in [0.25, 0.3) is 0 Å². The highest BCUT2D eigenvalue weighted by Gasteiger charge is 2.31. The van der Waals surface area contributed by atoms with Crippen molar-refractivity contribution in [2.75, 3.05) is 19.7 Å². The van der Waals surface area contributed by atoms with Crippen LogP contribution in [-0.4, -0.2) is 52.7 Å². The summed E-state index contributed by atoms with van der Waals surface area (Å²) in [6.07, 6.45) is -0.523. The van der Waals surface area contributed by atoms with Gasteiger partial charge in [-0.3, -0.25) is 9.59 Å². The predicted octanol–water partition coefficient (Wildman–Crippen LogP) is 1.76. The van der Waals surface area contributed by atoms with Gasteiger partial charge in [0.2, 0.25) is 0 Å². The average Bonchev–Trinajstić information content (AvgIpc) is 2.86. The Morgan fingerprint density at radius 3 is 2.86 bits per heavy atom. The van der Waals surface area contributed by atoms with E-state index in [9.17, 15) is 9.59 Å². The molecule has 0 aliphatic carbocycles. The van der Waals surface area contributed by atoms with Crippen LogP contribution in [-0.2, 0) is 14.9 Å². The summed E-state index contributed by atoms with van der Waals surface area (Å²) in [7, 11) is 0. The fourth-order valence-electron chi connectivity index (χ4n) is 2.30. The van der Waals surface area contributed by atoms with E-state index in [1.165, 1.54) is 11.3 Å². The lowest BCUT2D eigenvalue weighted by atomic mass is 9.91. The van der Waals surface area contributed by atoms with Gasteiger partial charge < -0.3 is 14.7 Å². The standard InChI is InChI=1S/C14H20N2O4S/c1-14(2,3)12-11(21-8-15-12)13(19)16-4-5-20-9(7-16)6-10(17)18/h8-9H,4-7H2,1-3H3,(H,17,18)/t9-/m1/s1. The first-order valence-corrected chi connectivity index (χ1v) is 7.73. The molecule has 21 heavy (non-hydrogen) atoms. The smallest absolute Gasteiger partial charge is 0.306 e. The molecule has 1 atom stereocenters. The molecule has 1 N–H and O–H groups in total. The molecular formula is C14H20N2O4S. The van der Waals surface area contributed by atoms with Gasteiger partial charge in [0.1, 0.15) is 4.88 Å². The van der Waals surface area contributed by atoms with E-state index in [2.05, 4.69) is 4.98 Å². The van der Waals surface area contributed by atoms with Gasteiger partial charge in [0.15, 0.2) is 0 Å². The van der Waals surface area contributed by atoms with E-state index in [4.69, 9.17) is 9.84 Å². The van der Waals surface area contributed by atoms with Crippen LogP contribution in [0.3, 0.4) is 0 Å². The second-order valence-electron chi connectivity index (χ2n) is 6.12. The van der Waals surface area contributed by atoms with Crippen LogP contribution in [0.5, 0.6) is 0 Å². The third-order valence-corrected chi connectivity index (χ3v) is 4.11. The van der Waals surface area contributed by atoms with Crippen LogP contribution >= 0.6 is 11.3 Å². The zero-order chi connectivity index (χ0) is 15.6. The van der Waals surface area contributed by atoms with Crippen molar-refractivity contribution in [2.45, 2.75) is 38.7 Å². The van der Waals surface area contributed by atoms with Gasteiger partial charge in [0, 0.05) is 18.5 Å². The molecule has 6 nitrogen and oxygen atoms in total. The topological polar surface area (TPSA) is 79.7 Å². The zero-order valence-corrected chi connectivity index (χ0v) is 13.3. The molecule has 7 heteroatoms. The monoisotopic (exact) mass is 312 g/mol. The Hall–Kier alpha value is -1.47. The lowest BCUT2D eigenvalue weighted by Gasteiger charge is -2.32. The highest BCUT2D eigenvalue weighted by atomic mass is 32.1. The number of hydrogen-bond acceptors (Lipinski definition) is 5. The molecular weight excluding hydrogens is 292 g/mol.